The fourth-order valence-corrected chi connectivity index (χ4v) is 3.21. The molecule has 0 atom stereocenters. The van der Waals surface area contributed by atoms with Gasteiger partial charge >= 0.3 is 0 Å². The average molecular weight is 362 g/mol. The minimum absolute atomic E-state index is 0.174. The molecule has 0 amide bonds. The van der Waals surface area contributed by atoms with Gasteiger partial charge in [-0.15, -0.1) is 0 Å². The highest BCUT2D eigenvalue weighted by Gasteiger charge is 2.25. The molecule has 0 spiro atoms. The molecule has 1 aromatic heterocycles. The second-order valence-electron chi connectivity index (χ2n) is 8.19. The first-order chi connectivity index (χ1) is 12.2. The summed E-state index contributed by atoms with van der Waals surface area (Å²) >= 11 is 0. The third kappa shape index (κ3) is 4.63. The third-order valence-corrected chi connectivity index (χ3v) is 4.71. The van der Waals surface area contributed by atoms with Crippen molar-refractivity contribution in [3.05, 3.63) is 23.8 Å². The number of aryl methyl sites for hydroxylation is 1. The van der Waals surface area contributed by atoms with Crippen LogP contribution in [-0.2, 0) is 4.79 Å². The van der Waals surface area contributed by atoms with Crippen LogP contribution in [0.15, 0.2) is 12.1 Å². The van der Waals surface area contributed by atoms with Crippen molar-refractivity contribution >= 4 is 16.8 Å². The van der Waals surface area contributed by atoms with Crippen molar-refractivity contribution in [2.24, 2.45) is 5.41 Å². The maximum atomic E-state index is 14.3. The zero-order valence-electron chi connectivity index (χ0n) is 16.9. The number of ether oxygens (including phenoxy) is 1. The summed E-state index contributed by atoms with van der Waals surface area (Å²) < 4.78 is 21.3. The lowest BCUT2D eigenvalue weighted by atomic mass is 9.89. The maximum Gasteiger partial charge on any atom is 0.190 e. The normalized spacial score (nSPS) is 14.6. The van der Waals surface area contributed by atoms with E-state index < -0.39 is 0 Å². The van der Waals surface area contributed by atoms with Crippen LogP contribution in [0.1, 0.15) is 71.7 Å². The van der Waals surface area contributed by atoms with E-state index in [1.165, 1.54) is 13.5 Å². The first kappa shape index (κ1) is 20.4. The van der Waals surface area contributed by atoms with Crippen molar-refractivity contribution in [3.63, 3.8) is 0 Å². The standard InChI is InChI=1S/C13H15FN2O.C8H16O/c1-8-15-10-6-7-11(17-2)12(14)13(10)16(8)9-4-3-5-9;1-5-7(9)6-8(2,3)4/h6-7,9H,3-5H2,1-2H3;5-6H2,1-4H3. The van der Waals surface area contributed by atoms with Crippen LogP contribution >= 0.6 is 0 Å². The molecule has 0 N–H and O–H groups in total. The highest BCUT2D eigenvalue weighted by Crippen LogP contribution is 2.37. The Morgan fingerprint density at radius 1 is 1.35 bits per heavy atom. The Labute approximate surface area is 155 Å². The number of carbonyl (C=O) groups excluding carboxylic acids is 1. The van der Waals surface area contributed by atoms with Gasteiger partial charge in [-0.2, -0.15) is 0 Å². The summed E-state index contributed by atoms with van der Waals surface area (Å²) in [5.74, 6) is 1.25. The summed E-state index contributed by atoms with van der Waals surface area (Å²) in [6.07, 6.45) is 4.84. The topological polar surface area (TPSA) is 44.1 Å². The second-order valence-corrected chi connectivity index (χ2v) is 8.19. The summed E-state index contributed by atoms with van der Waals surface area (Å²) in [4.78, 5) is 15.2. The number of methoxy groups -OCH3 is 1. The molecule has 2 aromatic rings. The van der Waals surface area contributed by atoms with E-state index in [2.05, 4.69) is 25.8 Å². The number of hydrogen-bond acceptors (Lipinski definition) is 3. The predicted octanol–water partition coefficient (Wildman–Crippen LogP) is 5.62. The van der Waals surface area contributed by atoms with Gasteiger partial charge < -0.3 is 9.30 Å². The summed E-state index contributed by atoms with van der Waals surface area (Å²) in [7, 11) is 1.49. The van der Waals surface area contributed by atoms with Gasteiger partial charge in [-0.05, 0) is 43.7 Å². The summed E-state index contributed by atoms with van der Waals surface area (Å²) in [5.41, 5.74) is 1.48. The summed E-state index contributed by atoms with van der Waals surface area (Å²) in [6.45, 7) is 10.1. The molecule has 1 heterocycles. The Morgan fingerprint density at radius 3 is 2.42 bits per heavy atom. The first-order valence-electron chi connectivity index (χ1n) is 9.40. The van der Waals surface area contributed by atoms with E-state index in [4.69, 9.17) is 4.74 Å². The fourth-order valence-electron chi connectivity index (χ4n) is 3.21. The van der Waals surface area contributed by atoms with Crippen LogP contribution in [0, 0.1) is 18.2 Å². The predicted molar refractivity (Wildman–Crippen MR) is 103 cm³/mol. The van der Waals surface area contributed by atoms with Crippen molar-refractivity contribution in [1.82, 2.24) is 9.55 Å². The maximum absolute atomic E-state index is 14.3. The Kier molecular flexibility index (Phi) is 6.43. The van der Waals surface area contributed by atoms with E-state index in [1.807, 2.05) is 24.5 Å². The molecule has 0 unspecified atom stereocenters. The summed E-state index contributed by atoms with van der Waals surface area (Å²) in [6, 6.07) is 3.86. The molecule has 144 valence electrons. The lowest BCUT2D eigenvalue weighted by molar-refractivity contribution is -0.120. The smallest absolute Gasteiger partial charge is 0.190 e. The number of Topliss-reactive ketones (excluding diaryl/α,β-unsaturated/α-hetero) is 1. The zero-order valence-corrected chi connectivity index (χ0v) is 16.9. The van der Waals surface area contributed by atoms with Crippen LogP contribution in [0.4, 0.5) is 4.39 Å². The van der Waals surface area contributed by atoms with Gasteiger partial charge in [-0.1, -0.05) is 27.7 Å². The Morgan fingerprint density at radius 2 is 2.00 bits per heavy atom. The van der Waals surface area contributed by atoms with E-state index >= 15 is 0 Å². The van der Waals surface area contributed by atoms with Crippen LogP contribution in [0.5, 0.6) is 5.75 Å². The van der Waals surface area contributed by atoms with Crippen molar-refractivity contribution in [1.29, 1.82) is 0 Å². The lowest BCUT2D eigenvalue weighted by Crippen LogP contribution is -2.18. The van der Waals surface area contributed by atoms with Crippen LogP contribution < -0.4 is 4.74 Å². The number of ketones is 1. The van der Waals surface area contributed by atoms with Gasteiger partial charge in [0.25, 0.3) is 0 Å². The highest BCUT2D eigenvalue weighted by atomic mass is 19.1. The molecule has 5 heteroatoms. The number of carbonyl (C=O) groups is 1. The Balaban J connectivity index is 0.000000232. The number of fused-ring (bicyclic) bond motifs is 1. The van der Waals surface area contributed by atoms with Gasteiger partial charge in [-0.25, -0.2) is 9.37 Å². The Hall–Kier alpha value is -1.91. The highest BCUT2D eigenvalue weighted by molar-refractivity contribution is 5.79. The molecule has 3 rings (SSSR count). The van der Waals surface area contributed by atoms with E-state index in [0.717, 1.165) is 18.7 Å². The van der Waals surface area contributed by atoms with Crippen LogP contribution in [-0.4, -0.2) is 22.4 Å². The van der Waals surface area contributed by atoms with Gasteiger partial charge in [0.1, 0.15) is 17.1 Å². The van der Waals surface area contributed by atoms with Gasteiger partial charge in [0.2, 0.25) is 0 Å². The lowest BCUT2D eigenvalue weighted by Gasteiger charge is -2.28. The van der Waals surface area contributed by atoms with Gasteiger partial charge in [-0.3, -0.25) is 4.79 Å². The molecule has 1 saturated carbocycles. The SMILES string of the molecule is CCC(=O)CC(C)(C)C.COc1ccc2nc(C)n(C3CCC3)c2c1F. The van der Waals surface area contributed by atoms with E-state index in [1.54, 1.807) is 6.07 Å². The van der Waals surface area contributed by atoms with E-state index in [0.29, 0.717) is 35.7 Å². The Bertz CT molecular complexity index is 770. The average Bonchev–Trinajstić information content (AvgIpc) is 2.82. The number of imidazole rings is 1. The fraction of sp³-hybridized carbons (Fsp3) is 0.619. The zero-order chi connectivity index (χ0) is 19.5. The number of benzene rings is 1. The molecule has 1 aromatic carbocycles. The molecule has 1 aliphatic rings. The molecule has 0 bridgehead atoms. The molecular weight excluding hydrogens is 331 g/mol. The molecule has 0 aliphatic heterocycles. The number of hydrogen-bond donors (Lipinski definition) is 0. The van der Waals surface area contributed by atoms with Gasteiger partial charge in [0.05, 0.1) is 12.6 Å². The first-order valence-corrected chi connectivity index (χ1v) is 9.40. The van der Waals surface area contributed by atoms with Crippen molar-refractivity contribution in [2.75, 3.05) is 7.11 Å². The van der Waals surface area contributed by atoms with Gasteiger partial charge in [0, 0.05) is 18.9 Å². The van der Waals surface area contributed by atoms with Crippen LogP contribution in [0.2, 0.25) is 0 Å². The number of nitrogens with zero attached hydrogens (tertiary/aromatic N) is 2. The van der Waals surface area contributed by atoms with Crippen molar-refractivity contribution in [3.8, 4) is 5.75 Å². The number of aromatic nitrogens is 2. The summed E-state index contributed by atoms with van der Waals surface area (Å²) in [5, 5.41) is 0. The second kappa shape index (κ2) is 8.19. The molecule has 4 nitrogen and oxygen atoms in total. The molecule has 0 saturated heterocycles. The quantitative estimate of drug-likeness (QED) is 0.709. The minimum atomic E-state index is -0.294. The number of halogens is 1. The molecule has 26 heavy (non-hydrogen) atoms. The molecule has 0 radical (unpaired) electrons. The largest absolute Gasteiger partial charge is 0.494 e. The van der Waals surface area contributed by atoms with E-state index in [9.17, 15) is 9.18 Å². The van der Waals surface area contributed by atoms with Crippen molar-refractivity contribution < 1.29 is 13.9 Å². The van der Waals surface area contributed by atoms with Crippen LogP contribution in [0.3, 0.4) is 0 Å². The monoisotopic (exact) mass is 362 g/mol. The van der Waals surface area contributed by atoms with Gasteiger partial charge in [0.15, 0.2) is 11.6 Å². The van der Waals surface area contributed by atoms with E-state index in [-0.39, 0.29) is 17.0 Å². The minimum Gasteiger partial charge on any atom is -0.494 e. The van der Waals surface area contributed by atoms with Crippen LogP contribution in [0.25, 0.3) is 11.0 Å². The molecular formula is C21H31FN2O2. The number of rotatable bonds is 4. The third-order valence-electron chi connectivity index (χ3n) is 4.71. The van der Waals surface area contributed by atoms with Crippen molar-refractivity contribution in [2.45, 2.75) is 72.8 Å². The molecule has 1 fully saturated rings. The molecule has 1 aliphatic carbocycles.